The maximum atomic E-state index is 10.1. The summed E-state index contributed by atoms with van der Waals surface area (Å²) in [5.41, 5.74) is 4.38. The van der Waals surface area contributed by atoms with Crippen LogP contribution in [0, 0.1) is 11.3 Å². The standard InChI is InChI=1S/C14H22O/c1-9-5-6-11-10(2)7-13(15)14(3,4)8-12(9)11/h11,13,15H,2,5-8H2,1,3-4H3/t11-,13-/m0/s1. The zero-order chi connectivity index (χ0) is 11.2. The van der Waals surface area contributed by atoms with E-state index in [9.17, 15) is 5.11 Å². The lowest BCUT2D eigenvalue weighted by atomic mass is 9.80. The predicted molar refractivity (Wildman–Crippen MR) is 63.6 cm³/mol. The van der Waals surface area contributed by atoms with Gasteiger partial charge in [0, 0.05) is 5.92 Å². The van der Waals surface area contributed by atoms with Gasteiger partial charge in [-0.15, -0.1) is 0 Å². The first-order valence-corrected chi connectivity index (χ1v) is 5.96. The number of aliphatic hydroxyl groups is 1. The Labute approximate surface area is 92.9 Å². The highest BCUT2D eigenvalue weighted by Crippen LogP contribution is 2.48. The van der Waals surface area contributed by atoms with E-state index in [2.05, 4.69) is 27.4 Å². The third kappa shape index (κ3) is 1.78. The van der Waals surface area contributed by atoms with Crippen molar-refractivity contribution in [3.05, 3.63) is 23.3 Å². The molecule has 1 heteroatoms. The summed E-state index contributed by atoms with van der Waals surface area (Å²) < 4.78 is 0. The fourth-order valence-electron chi connectivity index (χ4n) is 2.99. The largest absolute Gasteiger partial charge is 0.392 e. The van der Waals surface area contributed by atoms with Gasteiger partial charge in [-0.25, -0.2) is 0 Å². The van der Waals surface area contributed by atoms with Gasteiger partial charge in [-0.2, -0.15) is 0 Å². The van der Waals surface area contributed by atoms with Gasteiger partial charge in [0.05, 0.1) is 6.10 Å². The molecule has 0 bridgehead atoms. The Kier molecular flexibility index (Phi) is 2.54. The molecule has 0 aromatic rings. The van der Waals surface area contributed by atoms with Crippen LogP contribution >= 0.6 is 0 Å². The van der Waals surface area contributed by atoms with Crippen molar-refractivity contribution in [3.8, 4) is 0 Å². The molecule has 0 aromatic carbocycles. The summed E-state index contributed by atoms with van der Waals surface area (Å²) in [6, 6.07) is 0. The molecule has 2 aliphatic carbocycles. The van der Waals surface area contributed by atoms with E-state index in [1.807, 2.05) is 0 Å². The minimum atomic E-state index is -0.226. The Bertz CT molecular complexity index is 322. The van der Waals surface area contributed by atoms with Crippen molar-refractivity contribution in [1.29, 1.82) is 0 Å². The molecule has 0 amide bonds. The molecular formula is C14H22O. The summed E-state index contributed by atoms with van der Waals surface area (Å²) >= 11 is 0. The second-order valence-corrected chi connectivity index (χ2v) is 5.94. The van der Waals surface area contributed by atoms with Crippen LogP contribution in [0.1, 0.15) is 46.5 Å². The van der Waals surface area contributed by atoms with Crippen LogP contribution in [0.15, 0.2) is 23.3 Å². The van der Waals surface area contributed by atoms with Gasteiger partial charge in [0.25, 0.3) is 0 Å². The third-order valence-corrected chi connectivity index (χ3v) is 4.27. The maximum Gasteiger partial charge on any atom is 0.0631 e. The average molecular weight is 206 g/mol. The van der Waals surface area contributed by atoms with Gasteiger partial charge in [-0.05, 0) is 38.0 Å². The number of hydrogen-bond acceptors (Lipinski definition) is 1. The van der Waals surface area contributed by atoms with Gasteiger partial charge in [0.1, 0.15) is 0 Å². The number of rotatable bonds is 0. The first kappa shape index (κ1) is 10.9. The fourth-order valence-corrected chi connectivity index (χ4v) is 2.99. The first-order valence-electron chi connectivity index (χ1n) is 5.96. The molecule has 0 aliphatic heterocycles. The van der Waals surface area contributed by atoms with Crippen molar-refractivity contribution >= 4 is 0 Å². The highest BCUT2D eigenvalue weighted by Gasteiger charge is 2.38. The Hall–Kier alpha value is -0.560. The summed E-state index contributed by atoms with van der Waals surface area (Å²) in [7, 11) is 0. The molecule has 1 saturated carbocycles. The minimum absolute atomic E-state index is 0.0125. The van der Waals surface area contributed by atoms with E-state index in [0.717, 1.165) is 12.8 Å². The van der Waals surface area contributed by atoms with Crippen LogP contribution in [0.5, 0.6) is 0 Å². The van der Waals surface area contributed by atoms with Crippen molar-refractivity contribution in [1.82, 2.24) is 0 Å². The maximum absolute atomic E-state index is 10.1. The van der Waals surface area contributed by atoms with Gasteiger partial charge in [-0.3, -0.25) is 0 Å². The molecule has 1 N–H and O–H groups in total. The van der Waals surface area contributed by atoms with E-state index < -0.39 is 0 Å². The lowest BCUT2D eigenvalue weighted by Crippen LogP contribution is -2.28. The Morgan fingerprint density at radius 1 is 1.40 bits per heavy atom. The molecule has 2 aliphatic rings. The Balaban J connectivity index is 2.37. The summed E-state index contributed by atoms with van der Waals surface area (Å²) in [6.45, 7) is 10.8. The molecule has 1 fully saturated rings. The lowest BCUT2D eigenvalue weighted by molar-refractivity contribution is 0.0547. The second-order valence-electron chi connectivity index (χ2n) is 5.94. The molecule has 0 heterocycles. The summed E-state index contributed by atoms with van der Waals surface area (Å²) in [4.78, 5) is 0. The second kappa shape index (κ2) is 3.48. The first-order chi connectivity index (χ1) is 6.92. The smallest absolute Gasteiger partial charge is 0.0631 e. The highest BCUT2D eigenvalue weighted by atomic mass is 16.3. The molecule has 84 valence electrons. The SMILES string of the molecule is C=C1C[C@H](O)C(C)(C)CC2=C(C)CC[C@@H]12. The monoisotopic (exact) mass is 206 g/mol. The van der Waals surface area contributed by atoms with E-state index >= 15 is 0 Å². The van der Waals surface area contributed by atoms with Gasteiger partial charge >= 0.3 is 0 Å². The summed E-state index contributed by atoms with van der Waals surface area (Å²) in [5.74, 6) is 0.571. The molecule has 0 unspecified atom stereocenters. The molecular weight excluding hydrogens is 184 g/mol. The normalized spacial score (nSPS) is 35.3. The van der Waals surface area contributed by atoms with Crippen LogP contribution in [0.25, 0.3) is 0 Å². The van der Waals surface area contributed by atoms with Gasteiger partial charge in [0.15, 0.2) is 0 Å². The van der Waals surface area contributed by atoms with E-state index in [-0.39, 0.29) is 11.5 Å². The van der Waals surface area contributed by atoms with Gasteiger partial charge in [-0.1, -0.05) is 37.1 Å². The zero-order valence-corrected chi connectivity index (χ0v) is 10.1. The fraction of sp³-hybridized carbons (Fsp3) is 0.714. The summed E-state index contributed by atoms with van der Waals surface area (Å²) in [5, 5.41) is 10.1. The van der Waals surface area contributed by atoms with Crippen molar-refractivity contribution in [2.75, 3.05) is 0 Å². The third-order valence-electron chi connectivity index (χ3n) is 4.27. The lowest BCUT2D eigenvalue weighted by Gasteiger charge is -2.29. The molecule has 0 radical (unpaired) electrons. The number of aliphatic hydroxyl groups excluding tert-OH is 1. The Morgan fingerprint density at radius 2 is 2.07 bits per heavy atom. The molecule has 0 saturated heterocycles. The highest BCUT2D eigenvalue weighted by molar-refractivity contribution is 5.32. The summed E-state index contributed by atoms with van der Waals surface area (Å²) in [6.07, 6.45) is 4.06. The molecule has 0 aromatic heterocycles. The molecule has 2 rings (SSSR count). The number of fused-ring (bicyclic) bond motifs is 1. The van der Waals surface area contributed by atoms with E-state index in [1.54, 1.807) is 11.1 Å². The van der Waals surface area contributed by atoms with Crippen molar-refractivity contribution in [3.63, 3.8) is 0 Å². The van der Waals surface area contributed by atoms with Crippen molar-refractivity contribution < 1.29 is 5.11 Å². The number of hydrogen-bond donors (Lipinski definition) is 1. The minimum Gasteiger partial charge on any atom is -0.392 e. The van der Waals surface area contributed by atoms with E-state index in [4.69, 9.17) is 0 Å². The van der Waals surface area contributed by atoms with Crippen LogP contribution in [-0.2, 0) is 0 Å². The number of allylic oxidation sites excluding steroid dienone is 2. The molecule has 15 heavy (non-hydrogen) atoms. The molecule has 0 spiro atoms. The molecule has 1 nitrogen and oxygen atoms in total. The van der Waals surface area contributed by atoms with Crippen molar-refractivity contribution in [2.24, 2.45) is 11.3 Å². The van der Waals surface area contributed by atoms with Crippen LogP contribution < -0.4 is 0 Å². The quantitative estimate of drug-likeness (QED) is 0.602. The topological polar surface area (TPSA) is 20.2 Å². The van der Waals surface area contributed by atoms with Gasteiger partial charge < -0.3 is 5.11 Å². The van der Waals surface area contributed by atoms with Crippen LogP contribution in [0.4, 0.5) is 0 Å². The van der Waals surface area contributed by atoms with E-state index in [1.165, 1.54) is 18.4 Å². The average Bonchev–Trinajstić information content (AvgIpc) is 2.43. The predicted octanol–water partition coefficient (Wildman–Crippen LogP) is 3.45. The van der Waals surface area contributed by atoms with E-state index in [0.29, 0.717) is 5.92 Å². The van der Waals surface area contributed by atoms with Crippen molar-refractivity contribution in [2.45, 2.75) is 52.6 Å². The Morgan fingerprint density at radius 3 is 2.73 bits per heavy atom. The van der Waals surface area contributed by atoms with Gasteiger partial charge in [0.2, 0.25) is 0 Å². The molecule has 2 atom stereocenters. The van der Waals surface area contributed by atoms with Crippen LogP contribution in [0.2, 0.25) is 0 Å². The van der Waals surface area contributed by atoms with Crippen LogP contribution in [-0.4, -0.2) is 11.2 Å². The van der Waals surface area contributed by atoms with Crippen LogP contribution in [0.3, 0.4) is 0 Å². The zero-order valence-electron chi connectivity index (χ0n) is 10.1.